The van der Waals surface area contributed by atoms with Crippen LogP contribution in [0.1, 0.15) is 72.1 Å². The average molecular weight is 295 g/mol. The minimum Gasteiger partial charge on any atom is -0.444 e. The Kier molecular flexibility index (Phi) is 5.28. The van der Waals surface area contributed by atoms with Crippen LogP contribution in [0.2, 0.25) is 0 Å². The minimum atomic E-state index is -0.513. The van der Waals surface area contributed by atoms with E-state index >= 15 is 0 Å². The van der Waals surface area contributed by atoms with Crippen molar-refractivity contribution in [3.05, 3.63) is 0 Å². The summed E-state index contributed by atoms with van der Waals surface area (Å²) in [6.07, 6.45) is 9.60. The van der Waals surface area contributed by atoms with Crippen LogP contribution in [-0.2, 0) is 9.53 Å². The van der Waals surface area contributed by atoms with Gasteiger partial charge in [-0.05, 0) is 52.4 Å². The smallest absolute Gasteiger partial charge is 0.411 e. The van der Waals surface area contributed by atoms with Crippen molar-refractivity contribution in [2.24, 2.45) is 5.92 Å². The first kappa shape index (κ1) is 16.3. The monoisotopic (exact) mass is 295 g/mol. The molecule has 4 heteroatoms. The number of hydrogen-bond acceptors (Lipinski definition) is 3. The number of nitrogens with zero attached hydrogens (tertiary/aromatic N) is 1. The molecule has 0 aromatic heterocycles. The van der Waals surface area contributed by atoms with Crippen molar-refractivity contribution in [2.45, 2.75) is 89.8 Å². The van der Waals surface area contributed by atoms with E-state index in [2.05, 4.69) is 0 Å². The van der Waals surface area contributed by atoms with E-state index in [1.807, 2.05) is 20.8 Å². The van der Waals surface area contributed by atoms with E-state index < -0.39 is 5.60 Å². The zero-order valence-electron chi connectivity index (χ0n) is 13.6. The molecule has 0 N–H and O–H groups in total. The van der Waals surface area contributed by atoms with Gasteiger partial charge in [-0.3, -0.25) is 4.90 Å². The highest BCUT2D eigenvalue weighted by Crippen LogP contribution is 2.35. The highest BCUT2D eigenvalue weighted by molar-refractivity contribution is 5.74. The topological polar surface area (TPSA) is 46.6 Å². The molecule has 0 aliphatic heterocycles. The van der Waals surface area contributed by atoms with Crippen LogP contribution in [0, 0.1) is 5.92 Å². The largest absolute Gasteiger partial charge is 0.444 e. The molecule has 0 heterocycles. The molecule has 0 bridgehead atoms. The molecule has 0 spiro atoms. The number of rotatable bonds is 4. The maximum atomic E-state index is 12.5. The highest BCUT2D eigenvalue weighted by atomic mass is 16.6. The Morgan fingerprint density at radius 1 is 1.10 bits per heavy atom. The second-order valence-corrected chi connectivity index (χ2v) is 7.50. The second-order valence-electron chi connectivity index (χ2n) is 7.50. The van der Waals surface area contributed by atoms with E-state index in [0.717, 1.165) is 32.0 Å². The van der Waals surface area contributed by atoms with Crippen LogP contribution >= 0.6 is 0 Å². The summed E-state index contributed by atoms with van der Waals surface area (Å²) >= 11 is 0. The zero-order valence-corrected chi connectivity index (χ0v) is 13.6. The number of carbonyl (C=O) groups is 2. The van der Waals surface area contributed by atoms with Gasteiger partial charge in [-0.25, -0.2) is 4.79 Å². The molecule has 0 aromatic rings. The van der Waals surface area contributed by atoms with E-state index in [1.54, 1.807) is 4.90 Å². The van der Waals surface area contributed by atoms with Gasteiger partial charge in [-0.2, -0.15) is 0 Å². The average Bonchev–Trinajstić information content (AvgIpc) is 3.20. The van der Waals surface area contributed by atoms with E-state index in [9.17, 15) is 9.59 Å². The molecule has 2 aliphatic carbocycles. The Morgan fingerprint density at radius 2 is 1.67 bits per heavy atom. The van der Waals surface area contributed by atoms with Crippen LogP contribution in [0.25, 0.3) is 0 Å². The molecule has 1 atom stereocenters. The Hall–Kier alpha value is -1.06. The molecule has 0 aromatic carbocycles. The first-order valence-corrected chi connectivity index (χ1v) is 8.39. The summed E-state index contributed by atoms with van der Waals surface area (Å²) in [5.74, 6) is 0.304. The summed E-state index contributed by atoms with van der Waals surface area (Å²) in [5, 5.41) is 0. The van der Waals surface area contributed by atoms with E-state index in [0.29, 0.717) is 5.92 Å². The third kappa shape index (κ3) is 4.72. The fourth-order valence-electron chi connectivity index (χ4n) is 3.24. The van der Waals surface area contributed by atoms with Gasteiger partial charge >= 0.3 is 6.09 Å². The van der Waals surface area contributed by atoms with Crippen molar-refractivity contribution in [3.63, 3.8) is 0 Å². The Labute approximate surface area is 128 Å². The van der Waals surface area contributed by atoms with Crippen molar-refractivity contribution in [3.8, 4) is 0 Å². The molecular formula is C17H29NO3. The van der Waals surface area contributed by atoms with Crippen LogP contribution in [0.3, 0.4) is 0 Å². The van der Waals surface area contributed by atoms with Crippen molar-refractivity contribution in [1.82, 2.24) is 4.90 Å². The normalized spacial score (nSPS) is 22.2. The first-order valence-electron chi connectivity index (χ1n) is 8.39. The summed E-state index contributed by atoms with van der Waals surface area (Å²) in [4.78, 5) is 26.0. The molecule has 1 unspecified atom stereocenters. The minimum absolute atomic E-state index is 0.207. The SMILES string of the molecule is CC(C)(C)OC(=O)N(C1CC1)C(C=O)C1CCCCCC1. The Morgan fingerprint density at radius 3 is 2.10 bits per heavy atom. The van der Waals surface area contributed by atoms with E-state index in [1.165, 1.54) is 25.7 Å². The fourth-order valence-corrected chi connectivity index (χ4v) is 3.24. The van der Waals surface area contributed by atoms with Crippen molar-refractivity contribution in [2.75, 3.05) is 0 Å². The molecule has 2 fully saturated rings. The lowest BCUT2D eigenvalue weighted by atomic mass is 9.91. The summed E-state index contributed by atoms with van der Waals surface area (Å²) in [7, 11) is 0. The molecule has 21 heavy (non-hydrogen) atoms. The zero-order chi connectivity index (χ0) is 15.5. The van der Waals surface area contributed by atoms with E-state index in [-0.39, 0.29) is 18.2 Å². The summed E-state index contributed by atoms with van der Waals surface area (Å²) in [5.41, 5.74) is -0.513. The number of hydrogen-bond donors (Lipinski definition) is 0. The highest BCUT2D eigenvalue weighted by Gasteiger charge is 2.42. The van der Waals surface area contributed by atoms with Gasteiger partial charge in [0.05, 0.1) is 6.04 Å². The van der Waals surface area contributed by atoms with Gasteiger partial charge in [0.25, 0.3) is 0 Å². The van der Waals surface area contributed by atoms with Crippen LogP contribution in [0.5, 0.6) is 0 Å². The molecule has 2 aliphatic rings. The summed E-state index contributed by atoms with van der Waals surface area (Å²) < 4.78 is 5.53. The predicted octanol–water partition coefficient (Wildman–Crippen LogP) is 3.92. The third-order valence-corrected chi connectivity index (χ3v) is 4.39. The Bertz CT molecular complexity index is 363. The van der Waals surface area contributed by atoms with Gasteiger partial charge in [0.2, 0.25) is 0 Å². The van der Waals surface area contributed by atoms with Crippen LogP contribution < -0.4 is 0 Å². The first-order chi connectivity index (χ1) is 9.92. The molecule has 0 radical (unpaired) electrons. The molecule has 4 nitrogen and oxygen atoms in total. The van der Waals surface area contributed by atoms with Crippen LogP contribution in [-0.4, -0.2) is 35.0 Å². The standard InChI is InChI=1S/C17H29NO3/c1-17(2,3)21-16(20)18(14-10-11-14)15(12-19)13-8-6-4-5-7-9-13/h12-15H,4-11H2,1-3H3. The summed E-state index contributed by atoms with van der Waals surface area (Å²) in [6, 6.07) is -0.0937. The van der Waals surface area contributed by atoms with Gasteiger partial charge in [-0.15, -0.1) is 0 Å². The second kappa shape index (κ2) is 6.80. The molecule has 0 saturated heterocycles. The quantitative estimate of drug-likeness (QED) is 0.583. The number of amides is 1. The molecule has 1 amide bonds. The predicted molar refractivity (Wildman–Crippen MR) is 82.1 cm³/mol. The van der Waals surface area contributed by atoms with Gasteiger partial charge in [0, 0.05) is 6.04 Å². The lowest BCUT2D eigenvalue weighted by Gasteiger charge is -2.35. The van der Waals surface area contributed by atoms with E-state index in [4.69, 9.17) is 4.74 Å². The van der Waals surface area contributed by atoms with Gasteiger partial charge in [0.15, 0.2) is 0 Å². The maximum absolute atomic E-state index is 12.5. The lowest BCUT2D eigenvalue weighted by Crippen LogP contribution is -2.49. The summed E-state index contributed by atoms with van der Waals surface area (Å²) in [6.45, 7) is 5.62. The molecule has 2 saturated carbocycles. The molecule has 2 rings (SSSR count). The maximum Gasteiger partial charge on any atom is 0.411 e. The molecule has 120 valence electrons. The van der Waals surface area contributed by atoms with Crippen LogP contribution in [0.15, 0.2) is 0 Å². The van der Waals surface area contributed by atoms with Crippen molar-refractivity contribution < 1.29 is 14.3 Å². The van der Waals surface area contributed by atoms with Crippen LogP contribution in [0.4, 0.5) is 4.79 Å². The fraction of sp³-hybridized carbons (Fsp3) is 0.882. The van der Waals surface area contributed by atoms with Gasteiger partial charge in [0.1, 0.15) is 11.9 Å². The number of carbonyl (C=O) groups excluding carboxylic acids is 2. The molecular weight excluding hydrogens is 266 g/mol. The van der Waals surface area contributed by atoms with Gasteiger partial charge < -0.3 is 9.53 Å². The lowest BCUT2D eigenvalue weighted by molar-refractivity contribution is -0.114. The van der Waals surface area contributed by atoms with Gasteiger partial charge in [-0.1, -0.05) is 25.7 Å². The number of ether oxygens (including phenoxy) is 1. The van der Waals surface area contributed by atoms with Crippen molar-refractivity contribution in [1.29, 1.82) is 0 Å². The third-order valence-electron chi connectivity index (χ3n) is 4.39. The Balaban J connectivity index is 2.10. The number of aldehydes is 1. The van der Waals surface area contributed by atoms with Crippen molar-refractivity contribution >= 4 is 12.4 Å².